The summed E-state index contributed by atoms with van der Waals surface area (Å²) in [6.45, 7) is 5.58. The maximum atomic E-state index is 9.69. The Morgan fingerprint density at radius 2 is 2.00 bits per heavy atom. The van der Waals surface area contributed by atoms with Crippen molar-refractivity contribution < 1.29 is 5.11 Å². The third kappa shape index (κ3) is 3.52. The summed E-state index contributed by atoms with van der Waals surface area (Å²) in [5.74, 6) is 0. The van der Waals surface area contributed by atoms with Gasteiger partial charge in [0.1, 0.15) is 0 Å². The third-order valence-corrected chi connectivity index (χ3v) is 4.15. The summed E-state index contributed by atoms with van der Waals surface area (Å²) < 4.78 is 0. The molecule has 0 aromatic carbocycles. The highest BCUT2D eigenvalue weighted by Gasteiger charge is 2.37. The average Bonchev–Trinajstić information content (AvgIpc) is 1.93. The summed E-state index contributed by atoms with van der Waals surface area (Å²) in [7, 11) is 2.10. The Morgan fingerprint density at radius 3 is 2.29 bits per heavy atom. The van der Waals surface area contributed by atoms with Crippen molar-refractivity contribution in [3.8, 4) is 0 Å². The van der Waals surface area contributed by atoms with Crippen molar-refractivity contribution in [2.24, 2.45) is 5.41 Å². The van der Waals surface area contributed by atoms with Crippen molar-refractivity contribution in [1.82, 2.24) is 4.90 Å². The zero-order valence-electron chi connectivity index (χ0n) is 9.52. The highest BCUT2D eigenvalue weighted by molar-refractivity contribution is 9.09. The molecule has 0 saturated heterocycles. The van der Waals surface area contributed by atoms with Gasteiger partial charge < -0.3 is 10.0 Å². The predicted molar refractivity (Wildman–Crippen MR) is 63.9 cm³/mol. The van der Waals surface area contributed by atoms with Crippen LogP contribution in [0.25, 0.3) is 0 Å². The topological polar surface area (TPSA) is 23.5 Å². The molecule has 1 fully saturated rings. The molecule has 1 aliphatic rings. The molecular formula is C11H22BrNO. The minimum absolute atomic E-state index is 0.486. The molecule has 84 valence electrons. The van der Waals surface area contributed by atoms with E-state index in [9.17, 15) is 5.11 Å². The van der Waals surface area contributed by atoms with Crippen LogP contribution in [0.2, 0.25) is 0 Å². The van der Waals surface area contributed by atoms with Gasteiger partial charge in [0.15, 0.2) is 0 Å². The fourth-order valence-corrected chi connectivity index (χ4v) is 3.04. The van der Waals surface area contributed by atoms with E-state index in [4.69, 9.17) is 0 Å². The first-order valence-corrected chi connectivity index (χ1v) is 6.46. The number of nitrogens with zero attached hydrogens (tertiary/aromatic N) is 1. The van der Waals surface area contributed by atoms with Crippen LogP contribution in [0.5, 0.6) is 0 Å². The molecule has 2 nitrogen and oxygen atoms in total. The smallest absolute Gasteiger partial charge is 0.0718 e. The van der Waals surface area contributed by atoms with Crippen LogP contribution in [0, 0.1) is 5.41 Å². The Kier molecular flexibility index (Phi) is 4.01. The van der Waals surface area contributed by atoms with Gasteiger partial charge in [0.2, 0.25) is 0 Å². The van der Waals surface area contributed by atoms with Crippen molar-refractivity contribution in [2.75, 3.05) is 25.5 Å². The van der Waals surface area contributed by atoms with E-state index >= 15 is 0 Å². The SMILES string of the molecule is CN(CC(C)(C)O)CC1(CBr)CCC1. The van der Waals surface area contributed by atoms with Crippen LogP contribution >= 0.6 is 15.9 Å². The Bertz CT molecular complexity index is 179. The lowest BCUT2D eigenvalue weighted by atomic mass is 9.70. The minimum atomic E-state index is -0.577. The predicted octanol–water partition coefficient (Wildman–Crippen LogP) is 2.25. The van der Waals surface area contributed by atoms with Crippen LogP contribution in [0.15, 0.2) is 0 Å². The second kappa shape index (κ2) is 4.50. The van der Waals surface area contributed by atoms with Crippen LogP contribution in [0.1, 0.15) is 33.1 Å². The summed E-state index contributed by atoms with van der Waals surface area (Å²) in [6, 6.07) is 0. The Hall–Kier alpha value is 0.400. The molecule has 0 unspecified atom stereocenters. The highest BCUT2D eigenvalue weighted by Crippen LogP contribution is 2.42. The summed E-state index contributed by atoms with van der Waals surface area (Å²) in [5, 5.41) is 10.8. The summed E-state index contributed by atoms with van der Waals surface area (Å²) >= 11 is 3.60. The lowest BCUT2D eigenvalue weighted by Crippen LogP contribution is -2.46. The van der Waals surface area contributed by atoms with E-state index in [-0.39, 0.29) is 0 Å². The molecule has 0 amide bonds. The number of rotatable bonds is 5. The van der Waals surface area contributed by atoms with Crippen LogP contribution in [-0.4, -0.2) is 41.1 Å². The molecule has 14 heavy (non-hydrogen) atoms. The van der Waals surface area contributed by atoms with E-state index in [0.717, 1.165) is 18.4 Å². The van der Waals surface area contributed by atoms with Gasteiger partial charge in [0, 0.05) is 18.4 Å². The summed E-state index contributed by atoms with van der Waals surface area (Å²) in [6.07, 6.45) is 4.02. The average molecular weight is 264 g/mol. The molecule has 0 radical (unpaired) electrons. The molecule has 1 aliphatic carbocycles. The quantitative estimate of drug-likeness (QED) is 0.770. The molecular weight excluding hydrogens is 242 g/mol. The first kappa shape index (κ1) is 12.5. The lowest BCUT2D eigenvalue weighted by Gasteiger charge is -2.44. The molecule has 0 aromatic heterocycles. The van der Waals surface area contributed by atoms with Gasteiger partial charge in [-0.1, -0.05) is 22.4 Å². The van der Waals surface area contributed by atoms with E-state index in [1.54, 1.807) is 0 Å². The molecule has 0 aromatic rings. The molecule has 1 rings (SSSR count). The molecule has 0 spiro atoms. The van der Waals surface area contributed by atoms with Crippen LogP contribution < -0.4 is 0 Å². The zero-order chi connectivity index (χ0) is 10.8. The minimum Gasteiger partial charge on any atom is -0.389 e. The van der Waals surface area contributed by atoms with E-state index in [0.29, 0.717) is 5.41 Å². The second-order valence-corrected chi connectivity index (χ2v) is 6.03. The maximum Gasteiger partial charge on any atom is 0.0718 e. The van der Waals surface area contributed by atoms with E-state index in [1.807, 2.05) is 13.8 Å². The van der Waals surface area contributed by atoms with Gasteiger partial charge in [0.25, 0.3) is 0 Å². The number of aliphatic hydroxyl groups is 1. The van der Waals surface area contributed by atoms with Gasteiger partial charge in [-0.15, -0.1) is 0 Å². The van der Waals surface area contributed by atoms with Crippen LogP contribution in [0.4, 0.5) is 0 Å². The number of alkyl halides is 1. The van der Waals surface area contributed by atoms with Crippen molar-refractivity contribution in [2.45, 2.75) is 38.7 Å². The van der Waals surface area contributed by atoms with Crippen molar-refractivity contribution in [3.05, 3.63) is 0 Å². The fourth-order valence-electron chi connectivity index (χ4n) is 2.30. The van der Waals surface area contributed by atoms with E-state index in [2.05, 4.69) is 27.9 Å². The molecule has 0 heterocycles. The normalized spacial score (nSPS) is 21.0. The number of halogens is 1. The first-order valence-electron chi connectivity index (χ1n) is 5.34. The summed E-state index contributed by atoms with van der Waals surface area (Å²) in [5.41, 5.74) is -0.0913. The molecule has 0 atom stereocenters. The first-order chi connectivity index (χ1) is 6.37. The van der Waals surface area contributed by atoms with Crippen molar-refractivity contribution >= 4 is 15.9 Å². The number of likely N-dealkylation sites (N-methyl/N-ethyl adjacent to an activating group) is 1. The van der Waals surface area contributed by atoms with Gasteiger partial charge in [-0.2, -0.15) is 0 Å². The molecule has 0 aliphatic heterocycles. The molecule has 1 N–H and O–H groups in total. The number of hydrogen-bond acceptors (Lipinski definition) is 2. The molecule has 0 bridgehead atoms. The van der Waals surface area contributed by atoms with Crippen molar-refractivity contribution in [3.63, 3.8) is 0 Å². The zero-order valence-corrected chi connectivity index (χ0v) is 11.1. The summed E-state index contributed by atoms with van der Waals surface area (Å²) in [4.78, 5) is 2.25. The van der Waals surface area contributed by atoms with E-state index < -0.39 is 5.60 Å². The Morgan fingerprint density at radius 1 is 1.43 bits per heavy atom. The Labute approximate surface area is 95.8 Å². The van der Waals surface area contributed by atoms with E-state index in [1.165, 1.54) is 19.3 Å². The standard InChI is InChI=1S/C11H22BrNO/c1-10(2,14)8-13(3)9-11(7-12)5-4-6-11/h14H,4-9H2,1-3H3. The highest BCUT2D eigenvalue weighted by atomic mass is 79.9. The number of hydrogen-bond donors (Lipinski definition) is 1. The lowest BCUT2D eigenvalue weighted by molar-refractivity contribution is 0.0197. The van der Waals surface area contributed by atoms with Gasteiger partial charge in [-0.05, 0) is 39.2 Å². The van der Waals surface area contributed by atoms with Gasteiger partial charge in [0.05, 0.1) is 5.60 Å². The van der Waals surface area contributed by atoms with Crippen molar-refractivity contribution in [1.29, 1.82) is 0 Å². The monoisotopic (exact) mass is 263 g/mol. The van der Waals surface area contributed by atoms with Crippen LogP contribution in [-0.2, 0) is 0 Å². The largest absolute Gasteiger partial charge is 0.389 e. The molecule has 1 saturated carbocycles. The third-order valence-electron chi connectivity index (χ3n) is 2.96. The van der Waals surface area contributed by atoms with Crippen LogP contribution in [0.3, 0.4) is 0 Å². The second-order valence-electron chi connectivity index (χ2n) is 5.47. The molecule has 3 heteroatoms. The van der Waals surface area contributed by atoms with Gasteiger partial charge >= 0.3 is 0 Å². The Balaban J connectivity index is 2.36. The maximum absolute atomic E-state index is 9.69. The fraction of sp³-hybridized carbons (Fsp3) is 1.00. The van der Waals surface area contributed by atoms with Gasteiger partial charge in [-0.25, -0.2) is 0 Å². The van der Waals surface area contributed by atoms with Gasteiger partial charge in [-0.3, -0.25) is 0 Å².